The number of nitrogens with one attached hydrogen (secondary N) is 2. The van der Waals surface area contributed by atoms with Crippen molar-refractivity contribution >= 4 is 33.5 Å². The zero-order valence-corrected chi connectivity index (χ0v) is 14.8. The van der Waals surface area contributed by atoms with Crippen LogP contribution >= 0.6 is 0 Å². The Morgan fingerprint density at radius 2 is 1.96 bits per heavy atom. The zero-order chi connectivity index (χ0) is 19.5. The number of amides is 1. The largest absolute Gasteiger partial charge is 0.492 e. The number of ether oxygens (including phenoxy) is 1. The third kappa shape index (κ3) is 3.61. The van der Waals surface area contributed by atoms with E-state index in [1.807, 2.05) is 24.3 Å². The molecule has 0 unspecified atom stereocenters. The number of nitrogens with zero attached hydrogens (tertiary/aromatic N) is 2. The average Bonchev–Trinajstić information content (AvgIpc) is 2.70. The smallest absolute Gasteiger partial charge is 0.287 e. The number of H-pyrrole nitrogens is 1. The monoisotopic (exact) mass is 375 g/mol. The third-order valence-corrected chi connectivity index (χ3v) is 4.13. The Morgan fingerprint density at radius 3 is 2.82 bits per heavy atom. The number of hydrogen-bond donors (Lipinski definition) is 3. The predicted octanol–water partition coefficient (Wildman–Crippen LogP) is 1.86. The van der Waals surface area contributed by atoms with Gasteiger partial charge in [-0.1, -0.05) is 24.3 Å². The molecular formula is C20H17N5O3. The SMILES string of the molecule is Nc1cccc(OCCNC(=O)c2nc3nc4ccccc4cc3c(=O)[nH]2)c1. The quantitative estimate of drug-likeness (QED) is 0.278. The number of rotatable bonds is 5. The Bertz CT molecular complexity index is 1240. The molecule has 0 radical (unpaired) electrons. The number of anilines is 1. The number of hydrogen-bond acceptors (Lipinski definition) is 6. The van der Waals surface area contributed by atoms with E-state index in [1.165, 1.54) is 0 Å². The van der Waals surface area contributed by atoms with Gasteiger partial charge in [0.05, 0.1) is 17.4 Å². The van der Waals surface area contributed by atoms with Gasteiger partial charge in [0.25, 0.3) is 11.5 Å². The second-order valence-electron chi connectivity index (χ2n) is 6.14. The highest BCUT2D eigenvalue weighted by Gasteiger charge is 2.12. The maximum atomic E-state index is 12.3. The number of aromatic amines is 1. The summed E-state index contributed by atoms with van der Waals surface area (Å²) in [4.78, 5) is 35.7. The van der Waals surface area contributed by atoms with Gasteiger partial charge in [-0.25, -0.2) is 9.97 Å². The number of fused-ring (bicyclic) bond motifs is 2. The number of carbonyl (C=O) groups is 1. The topological polar surface area (TPSA) is 123 Å². The molecule has 4 aromatic rings. The molecule has 1 amide bonds. The normalized spacial score (nSPS) is 10.9. The zero-order valence-electron chi connectivity index (χ0n) is 14.8. The molecule has 2 heterocycles. The van der Waals surface area contributed by atoms with Crippen molar-refractivity contribution in [1.82, 2.24) is 20.3 Å². The molecule has 4 rings (SSSR count). The molecule has 0 fully saturated rings. The number of nitrogen functional groups attached to an aromatic ring is 1. The van der Waals surface area contributed by atoms with Gasteiger partial charge < -0.3 is 20.8 Å². The standard InChI is InChI=1S/C20H17N5O3/c21-13-5-3-6-14(11-13)28-9-8-22-20(27)18-24-17-15(19(26)25-18)10-12-4-1-2-7-16(12)23-17/h1-7,10-11H,8-9,21H2,(H,22,27)(H,23,24,25,26). The molecule has 0 bridgehead atoms. The van der Waals surface area contributed by atoms with E-state index >= 15 is 0 Å². The molecule has 0 saturated heterocycles. The summed E-state index contributed by atoms with van der Waals surface area (Å²) in [5.41, 5.74) is 6.80. The maximum absolute atomic E-state index is 12.3. The molecule has 0 aliphatic heterocycles. The lowest BCUT2D eigenvalue weighted by Crippen LogP contribution is -2.31. The molecule has 8 heteroatoms. The van der Waals surface area contributed by atoms with E-state index in [2.05, 4.69) is 20.3 Å². The highest BCUT2D eigenvalue weighted by atomic mass is 16.5. The van der Waals surface area contributed by atoms with Crippen molar-refractivity contribution in [3.05, 3.63) is 70.8 Å². The Morgan fingerprint density at radius 1 is 1.11 bits per heavy atom. The summed E-state index contributed by atoms with van der Waals surface area (Å²) < 4.78 is 5.52. The molecule has 2 aromatic heterocycles. The summed E-state index contributed by atoms with van der Waals surface area (Å²) >= 11 is 0. The summed E-state index contributed by atoms with van der Waals surface area (Å²) in [5, 5.41) is 3.82. The first-order chi connectivity index (χ1) is 13.6. The van der Waals surface area contributed by atoms with Crippen LogP contribution in [-0.2, 0) is 0 Å². The molecule has 8 nitrogen and oxygen atoms in total. The van der Waals surface area contributed by atoms with Crippen LogP contribution in [0.1, 0.15) is 10.6 Å². The fraction of sp³-hybridized carbons (Fsp3) is 0.100. The van der Waals surface area contributed by atoms with Gasteiger partial charge in [-0.15, -0.1) is 0 Å². The van der Waals surface area contributed by atoms with Crippen molar-refractivity contribution < 1.29 is 9.53 Å². The van der Waals surface area contributed by atoms with Crippen LogP contribution in [0.15, 0.2) is 59.4 Å². The second kappa shape index (κ2) is 7.36. The van der Waals surface area contributed by atoms with Crippen molar-refractivity contribution in [2.24, 2.45) is 0 Å². The lowest BCUT2D eigenvalue weighted by molar-refractivity contribution is 0.0936. The van der Waals surface area contributed by atoms with Crippen LogP contribution in [0.4, 0.5) is 5.69 Å². The molecule has 2 aromatic carbocycles. The summed E-state index contributed by atoms with van der Waals surface area (Å²) in [6.45, 7) is 0.483. The van der Waals surface area contributed by atoms with E-state index in [0.29, 0.717) is 22.3 Å². The summed E-state index contributed by atoms with van der Waals surface area (Å²) in [7, 11) is 0. The Balaban J connectivity index is 1.47. The van der Waals surface area contributed by atoms with E-state index in [0.717, 1.165) is 5.39 Å². The lowest BCUT2D eigenvalue weighted by Gasteiger charge is -2.08. The Hall–Kier alpha value is -3.94. The molecule has 140 valence electrons. The van der Waals surface area contributed by atoms with Crippen LogP contribution in [0.2, 0.25) is 0 Å². The third-order valence-electron chi connectivity index (χ3n) is 4.13. The van der Waals surface area contributed by atoms with E-state index in [9.17, 15) is 9.59 Å². The van der Waals surface area contributed by atoms with Crippen LogP contribution in [0.5, 0.6) is 5.75 Å². The van der Waals surface area contributed by atoms with Gasteiger partial charge in [0.15, 0.2) is 5.65 Å². The van der Waals surface area contributed by atoms with E-state index in [4.69, 9.17) is 10.5 Å². The minimum Gasteiger partial charge on any atom is -0.492 e. The van der Waals surface area contributed by atoms with E-state index < -0.39 is 11.5 Å². The second-order valence-corrected chi connectivity index (χ2v) is 6.14. The van der Waals surface area contributed by atoms with Crippen molar-refractivity contribution in [2.45, 2.75) is 0 Å². The number of carbonyl (C=O) groups excluding carboxylic acids is 1. The number of pyridine rings is 1. The number of nitrogens with two attached hydrogens (primary N) is 1. The van der Waals surface area contributed by atoms with Gasteiger partial charge in [0, 0.05) is 17.1 Å². The summed E-state index contributed by atoms with van der Waals surface area (Å²) in [6, 6.07) is 16.1. The molecule has 4 N–H and O–H groups in total. The fourth-order valence-electron chi connectivity index (χ4n) is 2.80. The lowest BCUT2D eigenvalue weighted by atomic mass is 10.2. The number of aromatic nitrogens is 3. The van der Waals surface area contributed by atoms with Crippen molar-refractivity contribution in [1.29, 1.82) is 0 Å². The van der Waals surface area contributed by atoms with Gasteiger partial charge >= 0.3 is 0 Å². The van der Waals surface area contributed by atoms with Gasteiger partial charge in [-0.05, 0) is 24.3 Å². The van der Waals surface area contributed by atoms with Crippen molar-refractivity contribution in [3.8, 4) is 5.75 Å². The minimum atomic E-state index is -0.509. The van der Waals surface area contributed by atoms with Crippen LogP contribution < -0.4 is 21.3 Å². The number of benzene rings is 2. The van der Waals surface area contributed by atoms with Gasteiger partial charge in [0.2, 0.25) is 5.82 Å². The first-order valence-electron chi connectivity index (χ1n) is 8.66. The first kappa shape index (κ1) is 17.5. The van der Waals surface area contributed by atoms with Gasteiger partial charge in [-0.2, -0.15) is 0 Å². The first-order valence-corrected chi connectivity index (χ1v) is 8.66. The molecule has 0 saturated carbocycles. The highest BCUT2D eigenvalue weighted by molar-refractivity contribution is 5.94. The molecule has 0 atom stereocenters. The molecule has 28 heavy (non-hydrogen) atoms. The van der Waals surface area contributed by atoms with Crippen molar-refractivity contribution in [2.75, 3.05) is 18.9 Å². The Kier molecular flexibility index (Phi) is 4.59. The predicted molar refractivity (Wildman–Crippen MR) is 106 cm³/mol. The van der Waals surface area contributed by atoms with Gasteiger partial charge in [-0.3, -0.25) is 9.59 Å². The summed E-state index contributed by atoms with van der Waals surface area (Å²) in [6.07, 6.45) is 0. The maximum Gasteiger partial charge on any atom is 0.287 e. The average molecular weight is 375 g/mol. The highest BCUT2D eigenvalue weighted by Crippen LogP contribution is 2.16. The molecule has 0 spiro atoms. The van der Waals surface area contributed by atoms with Crippen molar-refractivity contribution in [3.63, 3.8) is 0 Å². The Labute approximate surface area is 159 Å². The van der Waals surface area contributed by atoms with E-state index in [1.54, 1.807) is 30.3 Å². The van der Waals surface area contributed by atoms with Gasteiger partial charge in [0.1, 0.15) is 12.4 Å². The molecular weight excluding hydrogens is 358 g/mol. The van der Waals surface area contributed by atoms with Crippen LogP contribution in [0.25, 0.3) is 21.9 Å². The fourth-order valence-corrected chi connectivity index (χ4v) is 2.80. The molecule has 0 aliphatic carbocycles. The summed E-state index contributed by atoms with van der Waals surface area (Å²) in [5.74, 6) is 0.0111. The number of para-hydroxylation sites is 1. The van der Waals surface area contributed by atoms with Crippen LogP contribution in [0.3, 0.4) is 0 Å². The van der Waals surface area contributed by atoms with Crippen LogP contribution in [-0.4, -0.2) is 34.0 Å². The van der Waals surface area contributed by atoms with Crippen LogP contribution in [0, 0.1) is 0 Å². The molecule has 0 aliphatic rings. The van der Waals surface area contributed by atoms with E-state index in [-0.39, 0.29) is 24.6 Å². The minimum absolute atomic E-state index is 0.0933.